The van der Waals surface area contributed by atoms with Crippen molar-refractivity contribution in [1.82, 2.24) is 14.5 Å². The Labute approximate surface area is 162 Å². The van der Waals surface area contributed by atoms with E-state index in [1.54, 1.807) is 12.1 Å². The van der Waals surface area contributed by atoms with Gasteiger partial charge in [-0.25, -0.2) is 8.42 Å². The normalized spacial score (nSPS) is 18.6. The van der Waals surface area contributed by atoms with Crippen LogP contribution in [0.3, 0.4) is 0 Å². The second-order valence-corrected chi connectivity index (χ2v) is 9.51. The van der Waals surface area contributed by atoms with Crippen molar-refractivity contribution in [1.29, 1.82) is 0 Å². The molecule has 0 N–H and O–H groups in total. The first-order valence-electron chi connectivity index (χ1n) is 9.04. The zero-order chi connectivity index (χ0) is 18.9. The summed E-state index contributed by atoms with van der Waals surface area (Å²) in [6.07, 6.45) is 2.50. The van der Waals surface area contributed by atoms with Gasteiger partial charge in [0.2, 0.25) is 15.9 Å². The van der Waals surface area contributed by atoms with Gasteiger partial charge in [0.05, 0.1) is 15.7 Å². The number of benzene rings is 1. The standard InChI is InChI=1S/C19H21N3O3S2/c1-2-14-7-9-16(10-8-14)27(23,24)22-11-3-5-15(13-22)18-20-21-19(25-18)17-6-4-12-26-17/h4,6-10,12,15H,2-3,5,11,13H2,1H3. The number of thiophene rings is 1. The van der Waals surface area contributed by atoms with E-state index in [1.165, 1.54) is 15.6 Å². The van der Waals surface area contributed by atoms with Crippen LogP contribution in [0, 0.1) is 0 Å². The molecule has 8 heteroatoms. The molecule has 27 heavy (non-hydrogen) atoms. The Morgan fingerprint density at radius 3 is 2.74 bits per heavy atom. The summed E-state index contributed by atoms with van der Waals surface area (Å²) < 4.78 is 33.4. The summed E-state index contributed by atoms with van der Waals surface area (Å²) in [5, 5.41) is 10.3. The van der Waals surface area contributed by atoms with Crippen molar-refractivity contribution in [3.05, 3.63) is 53.2 Å². The van der Waals surface area contributed by atoms with Crippen LogP contribution in [0.5, 0.6) is 0 Å². The summed E-state index contributed by atoms with van der Waals surface area (Å²) in [6.45, 7) is 2.93. The van der Waals surface area contributed by atoms with E-state index < -0.39 is 10.0 Å². The van der Waals surface area contributed by atoms with Crippen LogP contribution in [0.1, 0.15) is 37.1 Å². The number of hydrogen-bond donors (Lipinski definition) is 0. The van der Waals surface area contributed by atoms with Crippen LogP contribution in [-0.2, 0) is 16.4 Å². The number of hydrogen-bond acceptors (Lipinski definition) is 6. The van der Waals surface area contributed by atoms with Gasteiger partial charge in [0.1, 0.15) is 0 Å². The quantitative estimate of drug-likeness (QED) is 0.645. The number of aryl methyl sites for hydroxylation is 1. The van der Waals surface area contributed by atoms with Gasteiger partial charge in [-0.3, -0.25) is 0 Å². The second kappa shape index (κ2) is 7.53. The summed E-state index contributed by atoms with van der Waals surface area (Å²) >= 11 is 1.54. The molecule has 6 nitrogen and oxygen atoms in total. The van der Waals surface area contributed by atoms with Crippen molar-refractivity contribution < 1.29 is 12.8 Å². The lowest BCUT2D eigenvalue weighted by molar-refractivity contribution is 0.286. The van der Waals surface area contributed by atoms with Gasteiger partial charge in [0.15, 0.2) is 0 Å². The van der Waals surface area contributed by atoms with Crippen LogP contribution >= 0.6 is 11.3 Å². The first-order chi connectivity index (χ1) is 13.1. The minimum Gasteiger partial charge on any atom is -0.420 e. The summed E-state index contributed by atoms with van der Waals surface area (Å²) in [5.41, 5.74) is 1.12. The summed E-state index contributed by atoms with van der Waals surface area (Å²) in [7, 11) is -3.52. The fraction of sp³-hybridized carbons (Fsp3) is 0.368. The molecule has 0 radical (unpaired) electrons. The molecule has 0 bridgehead atoms. The van der Waals surface area contributed by atoms with Crippen molar-refractivity contribution in [3.63, 3.8) is 0 Å². The molecule has 1 atom stereocenters. The zero-order valence-electron chi connectivity index (χ0n) is 15.0. The first-order valence-corrected chi connectivity index (χ1v) is 11.4. The van der Waals surface area contributed by atoms with Crippen LogP contribution in [0.15, 0.2) is 51.1 Å². The van der Waals surface area contributed by atoms with Gasteiger partial charge in [-0.1, -0.05) is 25.1 Å². The monoisotopic (exact) mass is 403 g/mol. The maximum Gasteiger partial charge on any atom is 0.257 e. The molecular weight excluding hydrogens is 382 g/mol. The highest BCUT2D eigenvalue weighted by atomic mass is 32.2. The van der Waals surface area contributed by atoms with Gasteiger partial charge in [-0.05, 0) is 48.4 Å². The van der Waals surface area contributed by atoms with Gasteiger partial charge in [0.25, 0.3) is 5.89 Å². The fourth-order valence-corrected chi connectivity index (χ4v) is 5.48. The molecule has 4 rings (SSSR count). The predicted octanol–water partition coefficient (Wildman–Crippen LogP) is 3.93. The van der Waals surface area contributed by atoms with Gasteiger partial charge < -0.3 is 4.42 Å². The molecule has 1 unspecified atom stereocenters. The van der Waals surface area contributed by atoms with E-state index in [9.17, 15) is 8.42 Å². The lowest BCUT2D eigenvalue weighted by Crippen LogP contribution is -2.39. The molecule has 1 fully saturated rings. The third-order valence-corrected chi connectivity index (χ3v) is 7.61. The van der Waals surface area contributed by atoms with Crippen LogP contribution in [0.2, 0.25) is 0 Å². The Morgan fingerprint density at radius 2 is 2.04 bits per heavy atom. The van der Waals surface area contributed by atoms with Crippen molar-refractivity contribution in [2.45, 2.75) is 37.0 Å². The number of aromatic nitrogens is 2. The third-order valence-electron chi connectivity index (χ3n) is 4.88. The molecular formula is C19H21N3O3S2. The van der Waals surface area contributed by atoms with Crippen LogP contribution in [0.25, 0.3) is 10.8 Å². The zero-order valence-corrected chi connectivity index (χ0v) is 16.7. The molecule has 0 saturated carbocycles. The van der Waals surface area contributed by atoms with E-state index >= 15 is 0 Å². The fourth-order valence-electron chi connectivity index (χ4n) is 3.31. The number of nitrogens with zero attached hydrogens (tertiary/aromatic N) is 3. The van der Waals surface area contributed by atoms with Crippen molar-refractivity contribution in [2.24, 2.45) is 0 Å². The molecule has 1 aromatic carbocycles. The van der Waals surface area contributed by atoms with E-state index in [-0.39, 0.29) is 5.92 Å². The number of sulfonamides is 1. The van der Waals surface area contributed by atoms with E-state index in [2.05, 4.69) is 10.2 Å². The molecule has 3 aromatic rings. The average molecular weight is 404 g/mol. The van der Waals surface area contributed by atoms with Gasteiger partial charge in [0, 0.05) is 13.1 Å². The van der Waals surface area contributed by atoms with Crippen LogP contribution in [-0.4, -0.2) is 36.0 Å². The summed E-state index contributed by atoms with van der Waals surface area (Å²) in [6, 6.07) is 11.0. The lowest BCUT2D eigenvalue weighted by Gasteiger charge is -2.30. The van der Waals surface area contributed by atoms with Crippen LogP contribution < -0.4 is 0 Å². The Bertz CT molecular complexity index is 995. The summed E-state index contributed by atoms with van der Waals surface area (Å²) in [4.78, 5) is 1.26. The molecule has 0 amide bonds. The van der Waals surface area contributed by atoms with Crippen molar-refractivity contribution in [3.8, 4) is 10.8 Å². The molecule has 0 spiro atoms. The van der Waals surface area contributed by atoms with Crippen molar-refractivity contribution in [2.75, 3.05) is 13.1 Å². The van der Waals surface area contributed by atoms with Gasteiger partial charge >= 0.3 is 0 Å². The summed E-state index contributed by atoms with van der Waals surface area (Å²) in [5.74, 6) is 0.930. The van der Waals surface area contributed by atoms with Crippen molar-refractivity contribution >= 4 is 21.4 Å². The Hall–Kier alpha value is -2.03. The maximum atomic E-state index is 13.0. The SMILES string of the molecule is CCc1ccc(S(=O)(=O)N2CCCC(c3nnc(-c4cccs4)o3)C2)cc1. The highest BCUT2D eigenvalue weighted by Gasteiger charge is 2.33. The Morgan fingerprint density at radius 1 is 1.22 bits per heavy atom. The number of piperidine rings is 1. The third kappa shape index (κ3) is 3.69. The predicted molar refractivity (Wildman–Crippen MR) is 104 cm³/mol. The van der Waals surface area contributed by atoms with Gasteiger partial charge in [-0.2, -0.15) is 4.31 Å². The van der Waals surface area contributed by atoms with E-state index in [4.69, 9.17) is 4.42 Å². The van der Waals surface area contributed by atoms with Crippen LogP contribution in [0.4, 0.5) is 0 Å². The molecule has 1 aliphatic heterocycles. The highest BCUT2D eigenvalue weighted by molar-refractivity contribution is 7.89. The molecule has 142 valence electrons. The highest BCUT2D eigenvalue weighted by Crippen LogP contribution is 2.32. The number of rotatable bonds is 5. The van der Waals surface area contributed by atoms with Gasteiger partial charge in [-0.15, -0.1) is 21.5 Å². The Balaban J connectivity index is 1.53. The topological polar surface area (TPSA) is 76.3 Å². The minimum absolute atomic E-state index is 0.0790. The average Bonchev–Trinajstić information content (AvgIpc) is 3.40. The maximum absolute atomic E-state index is 13.0. The molecule has 0 aliphatic carbocycles. The lowest BCUT2D eigenvalue weighted by atomic mass is 10.00. The largest absolute Gasteiger partial charge is 0.420 e. The first kappa shape index (κ1) is 18.3. The Kier molecular flexibility index (Phi) is 5.12. The minimum atomic E-state index is -3.52. The van der Waals surface area contributed by atoms with E-state index in [0.717, 1.165) is 29.7 Å². The van der Waals surface area contributed by atoms with E-state index in [0.29, 0.717) is 29.8 Å². The second-order valence-electron chi connectivity index (χ2n) is 6.62. The molecule has 2 aromatic heterocycles. The van der Waals surface area contributed by atoms with E-state index in [1.807, 2.05) is 36.6 Å². The molecule has 1 aliphatic rings. The molecule has 1 saturated heterocycles. The smallest absolute Gasteiger partial charge is 0.257 e. The molecule has 3 heterocycles.